The third-order valence-corrected chi connectivity index (χ3v) is 4.88. The molecule has 2 aromatic heterocycles. The SMILES string of the molecule is CC(=O)Nc1nc2c(s1)-c1c(c(C(N)=O)nn1C(C)C)C(C)C2. The van der Waals surface area contributed by atoms with Crippen molar-refractivity contribution in [3.8, 4) is 10.6 Å². The van der Waals surface area contributed by atoms with Crippen LogP contribution >= 0.6 is 11.3 Å². The zero-order valence-electron chi connectivity index (χ0n) is 13.5. The third kappa shape index (κ3) is 2.52. The van der Waals surface area contributed by atoms with E-state index in [9.17, 15) is 9.59 Å². The molecule has 0 spiro atoms. The number of nitrogens with zero attached hydrogens (tertiary/aromatic N) is 3. The number of primary amides is 1. The summed E-state index contributed by atoms with van der Waals surface area (Å²) >= 11 is 1.41. The fourth-order valence-corrected chi connectivity index (χ4v) is 4.06. The van der Waals surface area contributed by atoms with E-state index >= 15 is 0 Å². The Balaban J connectivity index is 2.23. The average Bonchev–Trinajstić information content (AvgIpc) is 2.98. The molecule has 0 aliphatic heterocycles. The molecule has 3 rings (SSSR count). The van der Waals surface area contributed by atoms with Crippen LogP contribution in [-0.2, 0) is 11.2 Å². The monoisotopic (exact) mass is 333 g/mol. The zero-order chi connectivity index (χ0) is 16.9. The third-order valence-electron chi connectivity index (χ3n) is 3.86. The lowest BCUT2D eigenvalue weighted by Gasteiger charge is -2.20. The molecule has 3 N–H and O–H groups in total. The van der Waals surface area contributed by atoms with Crippen LogP contribution in [0.3, 0.4) is 0 Å². The van der Waals surface area contributed by atoms with Crippen molar-refractivity contribution in [2.75, 3.05) is 5.32 Å². The predicted octanol–water partition coefficient (Wildman–Crippen LogP) is 2.30. The van der Waals surface area contributed by atoms with Gasteiger partial charge in [0, 0.05) is 18.5 Å². The smallest absolute Gasteiger partial charge is 0.269 e. The molecule has 23 heavy (non-hydrogen) atoms. The largest absolute Gasteiger partial charge is 0.364 e. The van der Waals surface area contributed by atoms with E-state index in [1.165, 1.54) is 18.3 Å². The van der Waals surface area contributed by atoms with Crippen LogP contribution in [0.5, 0.6) is 0 Å². The van der Waals surface area contributed by atoms with E-state index in [1.807, 2.05) is 25.5 Å². The quantitative estimate of drug-likeness (QED) is 0.899. The molecule has 1 aliphatic carbocycles. The Hall–Kier alpha value is -2.22. The number of rotatable bonds is 3. The Morgan fingerprint density at radius 1 is 1.43 bits per heavy atom. The summed E-state index contributed by atoms with van der Waals surface area (Å²) in [5.41, 5.74) is 8.57. The summed E-state index contributed by atoms with van der Waals surface area (Å²) < 4.78 is 1.83. The van der Waals surface area contributed by atoms with Gasteiger partial charge in [0.15, 0.2) is 10.8 Å². The Morgan fingerprint density at radius 2 is 2.13 bits per heavy atom. The molecule has 1 unspecified atom stereocenters. The van der Waals surface area contributed by atoms with Gasteiger partial charge in [-0.1, -0.05) is 18.3 Å². The van der Waals surface area contributed by atoms with Crippen molar-refractivity contribution in [1.29, 1.82) is 0 Å². The molecule has 0 saturated heterocycles. The maximum Gasteiger partial charge on any atom is 0.269 e. The van der Waals surface area contributed by atoms with Gasteiger partial charge in [0.25, 0.3) is 5.91 Å². The van der Waals surface area contributed by atoms with Crippen LogP contribution in [0.1, 0.15) is 61.4 Å². The van der Waals surface area contributed by atoms with Crippen molar-refractivity contribution in [1.82, 2.24) is 14.8 Å². The van der Waals surface area contributed by atoms with Gasteiger partial charge in [0.2, 0.25) is 5.91 Å². The van der Waals surface area contributed by atoms with Crippen LogP contribution < -0.4 is 11.1 Å². The highest BCUT2D eigenvalue weighted by atomic mass is 32.1. The second-order valence-corrected chi connectivity index (χ2v) is 7.09. The second kappa shape index (κ2) is 5.45. The fraction of sp³-hybridized carbons (Fsp3) is 0.467. The van der Waals surface area contributed by atoms with E-state index < -0.39 is 5.91 Å². The van der Waals surface area contributed by atoms with E-state index in [1.54, 1.807) is 0 Å². The van der Waals surface area contributed by atoms with Crippen LogP contribution in [-0.4, -0.2) is 26.6 Å². The number of fused-ring (bicyclic) bond motifs is 3. The van der Waals surface area contributed by atoms with E-state index in [2.05, 4.69) is 15.4 Å². The summed E-state index contributed by atoms with van der Waals surface area (Å²) in [6, 6.07) is 0.0846. The minimum absolute atomic E-state index is 0.0846. The highest BCUT2D eigenvalue weighted by Crippen LogP contribution is 2.45. The topological polar surface area (TPSA) is 103 Å². The van der Waals surface area contributed by atoms with Crippen molar-refractivity contribution < 1.29 is 9.59 Å². The van der Waals surface area contributed by atoms with Gasteiger partial charge in [-0.05, 0) is 26.2 Å². The Bertz CT molecular complexity index is 805. The summed E-state index contributed by atoms with van der Waals surface area (Å²) in [5, 5.41) is 7.75. The van der Waals surface area contributed by atoms with Gasteiger partial charge in [0.05, 0.1) is 16.3 Å². The lowest BCUT2D eigenvalue weighted by molar-refractivity contribution is -0.114. The first-order valence-corrected chi connectivity index (χ1v) is 8.31. The number of anilines is 1. The number of hydrogen-bond acceptors (Lipinski definition) is 5. The van der Waals surface area contributed by atoms with E-state index in [0.29, 0.717) is 17.2 Å². The Labute approximate surface area is 137 Å². The molecule has 0 aromatic carbocycles. The van der Waals surface area contributed by atoms with Gasteiger partial charge in [0.1, 0.15) is 0 Å². The first kappa shape index (κ1) is 15.7. The van der Waals surface area contributed by atoms with Gasteiger partial charge in [-0.15, -0.1) is 0 Å². The second-order valence-electron chi connectivity index (χ2n) is 6.09. The molecule has 8 heteroatoms. The lowest BCUT2D eigenvalue weighted by atomic mass is 9.87. The first-order chi connectivity index (χ1) is 10.8. The number of carbonyl (C=O) groups is 2. The van der Waals surface area contributed by atoms with Gasteiger partial charge in [-0.25, -0.2) is 4.98 Å². The number of hydrogen-bond donors (Lipinski definition) is 2. The van der Waals surface area contributed by atoms with Gasteiger partial charge >= 0.3 is 0 Å². The van der Waals surface area contributed by atoms with E-state index in [4.69, 9.17) is 5.73 Å². The molecule has 2 amide bonds. The molecule has 0 saturated carbocycles. The van der Waals surface area contributed by atoms with Crippen LogP contribution in [0.4, 0.5) is 5.13 Å². The van der Waals surface area contributed by atoms with Crippen molar-refractivity contribution >= 4 is 28.3 Å². The van der Waals surface area contributed by atoms with Crippen molar-refractivity contribution in [3.63, 3.8) is 0 Å². The molecular formula is C15H19N5O2S. The normalized spacial score (nSPS) is 16.1. The van der Waals surface area contributed by atoms with Crippen molar-refractivity contribution in [2.24, 2.45) is 5.73 Å². The maximum absolute atomic E-state index is 11.8. The summed E-state index contributed by atoms with van der Waals surface area (Å²) in [4.78, 5) is 28.6. The zero-order valence-corrected chi connectivity index (χ0v) is 14.3. The number of thiazole rings is 1. The van der Waals surface area contributed by atoms with E-state index in [-0.39, 0.29) is 17.9 Å². The molecule has 122 valence electrons. The Morgan fingerprint density at radius 3 is 2.70 bits per heavy atom. The lowest BCUT2D eigenvalue weighted by Crippen LogP contribution is -2.17. The van der Waals surface area contributed by atoms with E-state index in [0.717, 1.165) is 21.8 Å². The van der Waals surface area contributed by atoms with Crippen molar-refractivity contribution in [3.05, 3.63) is 17.0 Å². The number of nitrogens with one attached hydrogen (secondary N) is 1. The minimum atomic E-state index is -0.512. The molecule has 0 fully saturated rings. The van der Waals surface area contributed by atoms with Crippen LogP contribution in [0.15, 0.2) is 0 Å². The molecule has 1 aliphatic rings. The number of carbonyl (C=O) groups excluding carboxylic acids is 2. The molecular weight excluding hydrogens is 314 g/mol. The minimum Gasteiger partial charge on any atom is -0.364 e. The fourth-order valence-electron chi connectivity index (χ4n) is 2.97. The van der Waals surface area contributed by atoms with Gasteiger partial charge in [-0.3, -0.25) is 14.3 Å². The van der Waals surface area contributed by atoms with Gasteiger partial charge in [-0.2, -0.15) is 5.10 Å². The summed E-state index contributed by atoms with van der Waals surface area (Å²) in [7, 11) is 0. The van der Waals surface area contributed by atoms with Gasteiger partial charge < -0.3 is 11.1 Å². The standard InChI is InChI=1S/C15H19N5O2S/c1-6(2)20-12-10(11(19-20)14(16)22)7(3)5-9-13(12)23-15(18-9)17-8(4)21/h6-7H,5H2,1-4H3,(H2,16,22)(H,17,18,21). The number of nitrogens with two attached hydrogens (primary N) is 1. The highest BCUT2D eigenvalue weighted by molar-refractivity contribution is 7.19. The molecule has 0 radical (unpaired) electrons. The number of aromatic nitrogens is 3. The van der Waals surface area contributed by atoms with Crippen molar-refractivity contribution in [2.45, 2.75) is 46.1 Å². The first-order valence-electron chi connectivity index (χ1n) is 7.49. The Kier molecular flexibility index (Phi) is 3.71. The summed E-state index contributed by atoms with van der Waals surface area (Å²) in [5.74, 6) is -0.568. The van der Waals surface area contributed by atoms with Crippen LogP contribution in [0, 0.1) is 0 Å². The molecule has 2 aromatic rings. The highest BCUT2D eigenvalue weighted by Gasteiger charge is 2.34. The van der Waals surface area contributed by atoms with Crippen LogP contribution in [0.25, 0.3) is 10.6 Å². The molecule has 1 atom stereocenters. The average molecular weight is 333 g/mol. The maximum atomic E-state index is 11.8. The number of amides is 2. The molecule has 0 bridgehead atoms. The molecule has 2 heterocycles. The summed E-state index contributed by atoms with van der Waals surface area (Å²) in [6.45, 7) is 7.51. The van der Waals surface area contributed by atoms with Crippen LogP contribution in [0.2, 0.25) is 0 Å². The summed E-state index contributed by atoms with van der Waals surface area (Å²) in [6.07, 6.45) is 0.697. The molecule has 7 nitrogen and oxygen atoms in total. The predicted molar refractivity (Wildman–Crippen MR) is 88.7 cm³/mol.